The molecule has 92 valence electrons. The minimum atomic E-state index is -0.204. The molecule has 7 nitrogen and oxygen atoms in total. The van der Waals surface area contributed by atoms with Crippen LogP contribution < -0.4 is 5.73 Å². The quantitative estimate of drug-likeness (QED) is 0.648. The number of fused-ring (bicyclic) bond motifs is 1. The first-order valence-corrected chi connectivity index (χ1v) is 5.74. The van der Waals surface area contributed by atoms with Crippen LogP contribution in [0, 0.1) is 5.92 Å². The van der Waals surface area contributed by atoms with Crippen LogP contribution in [0.1, 0.15) is 5.82 Å². The van der Waals surface area contributed by atoms with Gasteiger partial charge in [0.1, 0.15) is 6.33 Å². The zero-order chi connectivity index (χ0) is 11.8. The molecule has 0 radical (unpaired) electrons. The Balaban J connectivity index is 1.72. The van der Waals surface area contributed by atoms with Crippen molar-refractivity contribution < 1.29 is 9.53 Å². The van der Waals surface area contributed by atoms with E-state index in [-0.39, 0.29) is 17.9 Å². The fourth-order valence-corrected chi connectivity index (χ4v) is 2.31. The summed E-state index contributed by atoms with van der Waals surface area (Å²) < 4.78 is 7.20. The maximum atomic E-state index is 12.3. The van der Waals surface area contributed by atoms with E-state index in [2.05, 4.69) is 10.2 Å². The second-order valence-corrected chi connectivity index (χ2v) is 4.51. The first-order valence-electron chi connectivity index (χ1n) is 5.74. The van der Waals surface area contributed by atoms with E-state index in [0.29, 0.717) is 26.3 Å². The van der Waals surface area contributed by atoms with Crippen LogP contribution in [-0.4, -0.2) is 51.4 Å². The van der Waals surface area contributed by atoms with E-state index >= 15 is 0 Å². The van der Waals surface area contributed by atoms with Crippen molar-refractivity contribution in [2.75, 3.05) is 19.8 Å². The minimum absolute atomic E-state index is 0.0734. The number of hydrogen-bond donors (Lipinski definition) is 1. The van der Waals surface area contributed by atoms with Gasteiger partial charge in [-0.25, -0.2) is 0 Å². The van der Waals surface area contributed by atoms with Crippen molar-refractivity contribution in [1.82, 2.24) is 19.7 Å². The van der Waals surface area contributed by atoms with Gasteiger partial charge in [0, 0.05) is 19.1 Å². The summed E-state index contributed by atoms with van der Waals surface area (Å²) in [6.07, 6.45) is 1.70. The number of nitrogens with zero attached hydrogens (tertiary/aromatic N) is 4. The molecule has 0 aromatic carbocycles. The summed E-state index contributed by atoms with van der Waals surface area (Å²) in [5.41, 5.74) is 5.86. The highest BCUT2D eigenvalue weighted by atomic mass is 16.5. The molecule has 1 fully saturated rings. The first kappa shape index (κ1) is 10.7. The molecule has 3 heterocycles. The monoisotopic (exact) mass is 237 g/mol. The molecular weight excluding hydrogens is 222 g/mol. The molecule has 2 aliphatic heterocycles. The SMILES string of the molecule is NC1COCC1C(=O)N1CCn2cnnc2C1. The maximum Gasteiger partial charge on any atom is 0.230 e. The topological polar surface area (TPSA) is 86.3 Å². The van der Waals surface area contributed by atoms with Crippen LogP contribution in [0.4, 0.5) is 0 Å². The van der Waals surface area contributed by atoms with E-state index in [1.165, 1.54) is 0 Å². The summed E-state index contributed by atoms with van der Waals surface area (Å²) in [6, 6.07) is -0.178. The molecule has 0 aliphatic carbocycles. The zero-order valence-corrected chi connectivity index (χ0v) is 9.45. The predicted molar refractivity (Wildman–Crippen MR) is 57.7 cm³/mol. The van der Waals surface area contributed by atoms with Gasteiger partial charge < -0.3 is 19.9 Å². The average Bonchev–Trinajstić information content (AvgIpc) is 2.95. The molecule has 3 rings (SSSR count). The van der Waals surface area contributed by atoms with Crippen molar-refractivity contribution in [2.45, 2.75) is 19.1 Å². The van der Waals surface area contributed by atoms with Crippen LogP contribution in [0.2, 0.25) is 0 Å². The third kappa shape index (κ3) is 1.81. The van der Waals surface area contributed by atoms with Gasteiger partial charge in [0.05, 0.1) is 25.7 Å². The second-order valence-electron chi connectivity index (χ2n) is 4.51. The number of carbonyl (C=O) groups is 1. The zero-order valence-electron chi connectivity index (χ0n) is 9.45. The summed E-state index contributed by atoms with van der Waals surface area (Å²) >= 11 is 0. The lowest BCUT2D eigenvalue weighted by atomic mass is 10.0. The number of rotatable bonds is 1. The van der Waals surface area contributed by atoms with E-state index < -0.39 is 0 Å². The van der Waals surface area contributed by atoms with Gasteiger partial charge in [-0.1, -0.05) is 0 Å². The highest BCUT2D eigenvalue weighted by Crippen LogP contribution is 2.18. The van der Waals surface area contributed by atoms with Gasteiger partial charge in [-0.05, 0) is 0 Å². The summed E-state index contributed by atoms with van der Waals surface area (Å²) in [7, 11) is 0. The van der Waals surface area contributed by atoms with Crippen LogP contribution in [0.3, 0.4) is 0 Å². The highest BCUT2D eigenvalue weighted by molar-refractivity contribution is 5.80. The molecule has 1 amide bonds. The van der Waals surface area contributed by atoms with Gasteiger partial charge >= 0.3 is 0 Å². The molecular formula is C10H15N5O2. The van der Waals surface area contributed by atoms with Gasteiger partial charge in [-0.3, -0.25) is 4.79 Å². The van der Waals surface area contributed by atoms with E-state index in [1.807, 2.05) is 4.57 Å². The largest absolute Gasteiger partial charge is 0.379 e. The maximum absolute atomic E-state index is 12.3. The van der Waals surface area contributed by atoms with E-state index in [1.54, 1.807) is 11.2 Å². The Kier molecular flexibility index (Phi) is 2.56. The van der Waals surface area contributed by atoms with Crippen molar-refractivity contribution in [2.24, 2.45) is 11.7 Å². The molecule has 2 aliphatic rings. The van der Waals surface area contributed by atoms with Crippen LogP contribution in [0.25, 0.3) is 0 Å². The number of amides is 1. The number of aromatic nitrogens is 3. The van der Waals surface area contributed by atoms with Gasteiger partial charge in [-0.15, -0.1) is 10.2 Å². The molecule has 2 atom stereocenters. The molecule has 0 saturated carbocycles. The van der Waals surface area contributed by atoms with E-state index in [0.717, 1.165) is 12.4 Å². The Labute approximate surface area is 98.5 Å². The molecule has 17 heavy (non-hydrogen) atoms. The van der Waals surface area contributed by atoms with E-state index in [9.17, 15) is 4.79 Å². The Hall–Kier alpha value is -1.47. The van der Waals surface area contributed by atoms with Gasteiger partial charge in [0.25, 0.3) is 0 Å². The van der Waals surface area contributed by atoms with Crippen LogP contribution in [0.5, 0.6) is 0 Å². The fraction of sp³-hybridized carbons (Fsp3) is 0.700. The van der Waals surface area contributed by atoms with Crippen molar-refractivity contribution in [3.05, 3.63) is 12.2 Å². The lowest BCUT2D eigenvalue weighted by Gasteiger charge is -2.29. The molecule has 2 unspecified atom stereocenters. The molecule has 7 heteroatoms. The number of hydrogen-bond acceptors (Lipinski definition) is 5. The third-order valence-corrected chi connectivity index (χ3v) is 3.39. The molecule has 0 spiro atoms. The number of ether oxygens (including phenoxy) is 1. The summed E-state index contributed by atoms with van der Waals surface area (Å²) in [4.78, 5) is 14.0. The van der Waals surface area contributed by atoms with Gasteiger partial charge in [0.2, 0.25) is 5.91 Å². The predicted octanol–water partition coefficient (Wildman–Crippen LogP) is -1.41. The second kappa shape index (κ2) is 4.08. The third-order valence-electron chi connectivity index (χ3n) is 3.39. The number of carbonyl (C=O) groups excluding carboxylic acids is 1. The molecule has 1 aromatic rings. The summed E-state index contributed by atoms with van der Waals surface area (Å²) in [6.45, 7) is 2.86. The minimum Gasteiger partial charge on any atom is -0.379 e. The van der Waals surface area contributed by atoms with Crippen LogP contribution >= 0.6 is 0 Å². The normalized spacial score (nSPS) is 28.2. The summed E-state index contributed by atoms with van der Waals surface area (Å²) in [5.74, 6) is 0.700. The van der Waals surface area contributed by atoms with Crippen LogP contribution in [-0.2, 0) is 22.6 Å². The van der Waals surface area contributed by atoms with Gasteiger partial charge in [-0.2, -0.15) is 0 Å². The Morgan fingerprint density at radius 2 is 2.35 bits per heavy atom. The highest BCUT2D eigenvalue weighted by Gasteiger charge is 2.35. The lowest BCUT2D eigenvalue weighted by molar-refractivity contribution is -0.137. The standard InChI is InChI=1S/C10H15N5O2/c11-8-5-17-4-7(8)10(16)14-1-2-15-6-12-13-9(15)3-14/h6-8H,1-5,11H2. The van der Waals surface area contributed by atoms with Crippen molar-refractivity contribution >= 4 is 5.91 Å². The Bertz CT molecular complexity index is 432. The number of nitrogens with two attached hydrogens (primary N) is 1. The molecule has 1 aromatic heterocycles. The van der Waals surface area contributed by atoms with E-state index in [4.69, 9.17) is 10.5 Å². The van der Waals surface area contributed by atoms with Gasteiger partial charge in [0.15, 0.2) is 5.82 Å². The Morgan fingerprint density at radius 3 is 3.12 bits per heavy atom. The molecule has 1 saturated heterocycles. The Morgan fingerprint density at radius 1 is 1.47 bits per heavy atom. The first-order chi connectivity index (χ1) is 8.25. The molecule has 2 N–H and O–H groups in total. The van der Waals surface area contributed by atoms with Crippen molar-refractivity contribution in [1.29, 1.82) is 0 Å². The smallest absolute Gasteiger partial charge is 0.230 e. The summed E-state index contributed by atoms with van der Waals surface area (Å²) in [5, 5.41) is 7.83. The average molecular weight is 237 g/mol. The fourth-order valence-electron chi connectivity index (χ4n) is 2.31. The van der Waals surface area contributed by atoms with Crippen LogP contribution in [0.15, 0.2) is 6.33 Å². The lowest BCUT2D eigenvalue weighted by Crippen LogP contribution is -2.46. The molecule has 0 bridgehead atoms. The van der Waals surface area contributed by atoms with Crippen molar-refractivity contribution in [3.63, 3.8) is 0 Å². The van der Waals surface area contributed by atoms with Crippen molar-refractivity contribution in [3.8, 4) is 0 Å².